The molecule has 6 heteroatoms. The van der Waals surface area contributed by atoms with Gasteiger partial charge in [-0.25, -0.2) is 9.98 Å². The van der Waals surface area contributed by atoms with E-state index in [2.05, 4.69) is 15.3 Å². The fourth-order valence-electron chi connectivity index (χ4n) is 4.06. The number of fused-ring (bicyclic) bond motifs is 1. The van der Waals surface area contributed by atoms with Crippen LogP contribution in [0.15, 0.2) is 65.8 Å². The van der Waals surface area contributed by atoms with Crippen molar-refractivity contribution in [1.29, 1.82) is 0 Å². The van der Waals surface area contributed by atoms with Crippen LogP contribution in [0.5, 0.6) is 11.5 Å². The van der Waals surface area contributed by atoms with E-state index in [1.54, 1.807) is 13.3 Å². The summed E-state index contributed by atoms with van der Waals surface area (Å²) < 4.78 is 11.0. The smallest absolute Gasteiger partial charge is 0.229 e. The molecule has 0 radical (unpaired) electrons. The van der Waals surface area contributed by atoms with E-state index in [0.717, 1.165) is 46.0 Å². The molecule has 1 saturated carbocycles. The number of aromatic nitrogens is 1. The molecule has 2 aliphatic rings. The van der Waals surface area contributed by atoms with Crippen LogP contribution >= 0.6 is 0 Å². The molecular formula is C26H25N3O3. The van der Waals surface area contributed by atoms with Crippen molar-refractivity contribution in [2.75, 3.05) is 12.4 Å². The molecule has 2 aromatic carbocycles. The van der Waals surface area contributed by atoms with Crippen molar-refractivity contribution in [1.82, 2.24) is 4.98 Å². The molecule has 0 spiro atoms. The molecule has 2 unspecified atom stereocenters. The summed E-state index contributed by atoms with van der Waals surface area (Å²) in [6, 6.07) is 17.6. The van der Waals surface area contributed by atoms with Gasteiger partial charge in [0.2, 0.25) is 5.91 Å². The van der Waals surface area contributed by atoms with Gasteiger partial charge in [0, 0.05) is 23.2 Å². The molecule has 2 heterocycles. The van der Waals surface area contributed by atoms with Gasteiger partial charge >= 0.3 is 0 Å². The van der Waals surface area contributed by atoms with Crippen molar-refractivity contribution in [2.45, 2.75) is 32.3 Å². The average Bonchev–Trinajstić information content (AvgIpc) is 3.57. The van der Waals surface area contributed by atoms with E-state index < -0.39 is 0 Å². The number of anilines is 1. The molecule has 3 aromatic rings. The number of nitrogens with zero attached hydrogens (tertiary/aromatic N) is 2. The second-order valence-electron chi connectivity index (χ2n) is 8.45. The maximum atomic E-state index is 12.8. The molecule has 1 amide bonds. The van der Waals surface area contributed by atoms with Gasteiger partial charge in [-0.1, -0.05) is 12.1 Å². The quantitative estimate of drug-likeness (QED) is 0.445. The number of hydrogen-bond donors (Lipinski definition) is 1. The standard InChI is InChI=1S/C26H25N3O3/c1-15(2)32-19-8-9-23-22(13-19)25(28-23)17-10-11-27-24(12-17)29-26(30)21-14-20(21)16-4-6-18(31-3)7-5-16/h4-13,15,20-21H,14H2,1-3H3,(H,27,29,30). The van der Waals surface area contributed by atoms with Gasteiger partial charge in [0.05, 0.1) is 24.6 Å². The predicted molar refractivity (Wildman–Crippen MR) is 124 cm³/mol. The molecule has 5 rings (SSSR count). The topological polar surface area (TPSA) is 72.8 Å². The molecule has 162 valence electrons. The number of ether oxygens (including phenoxy) is 2. The van der Waals surface area contributed by atoms with Crippen molar-refractivity contribution < 1.29 is 14.3 Å². The molecular weight excluding hydrogens is 402 g/mol. The van der Waals surface area contributed by atoms with Crippen LogP contribution in [0.25, 0.3) is 0 Å². The molecule has 2 atom stereocenters. The normalized spacial score (nSPS) is 18.3. The molecule has 1 aliphatic carbocycles. The first-order valence-electron chi connectivity index (χ1n) is 10.8. The number of nitrogens with one attached hydrogen (secondary N) is 1. The number of benzene rings is 2. The van der Waals surface area contributed by atoms with Gasteiger partial charge in [0.1, 0.15) is 17.3 Å². The lowest BCUT2D eigenvalue weighted by molar-refractivity contribution is -0.117. The van der Waals surface area contributed by atoms with E-state index in [0.29, 0.717) is 5.82 Å². The van der Waals surface area contributed by atoms with Crippen molar-refractivity contribution in [2.24, 2.45) is 10.9 Å². The summed E-state index contributed by atoms with van der Waals surface area (Å²) in [7, 11) is 1.65. The van der Waals surface area contributed by atoms with Gasteiger partial charge in [-0.2, -0.15) is 0 Å². The van der Waals surface area contributed by atoms with E-state index in [-0.39, 0.29) is 23.8 Å². The molecule has 1 N–H and O–H groups in total. The summed E-state index contributed by atoms with van der Waals surface area (Å²) >= 11 is 0. The van der Waals surface area contributed by atoms with Crippen molar-refractivity contribution in [3.8, 4) is 11.5 Å². The molecule has 1 aliphatic heterocycles. The van der Waals surface area contributed by atoms with E-state index in [4.69, 9.17) is 9.47 Å². The Morgan fingerprint density at radius 1 is 1.06 bits per heavy atom. The van der Waals surface area contributed by atoms with Gasteiger partial charge in [0.15, 0.2) is 0 Å². The highest BCUT2D eigenvalue weighted by atomic mass is 16.5. The molecule has 0 saturated heterocycles. The van der Waals surface area contributed by atoms with Crippen LogP contribution in [-0.4, -0.2) is 29.8 Å². The number of pyridine rings is 1. The first-order chi connectivity index (χ1) is 15.5. The fraction of sp³-hybridized carbons (Fsp3) is 0.269. The van der Waals surface area contributed by atoms with Gasteiger partial charge in [0.25, 0.3) is 0 Å². The van der Waals surface area contributed by atoms with E-state index in [1.807, 2.05) is 68.4 Å². The third kappa shape index (κ3) is 3.96. The lowest BCUT2D eigenvalue weighted by Crippen LogP contribution is -2.17. The number of amides is 1. The summed E-state index contributed by atoms with van der Waals surface area (Å²) in [5, 5.41) is 2.98. The monoisotopic (exact) mass is 427 g/mol. The second kappa shape index (κ2) is 8.11. The summed E-state index contributed by atoms with van der Waals surface area (Å²) in [4.78, 5) is 21.7. The van der Waals surface area contributed by atoms with Crippen LogP contribution in [0.2, 0.25) is 0 Å². The molecule has 1 fully saturated rings. The summed E-state index contributed by atoms with van der Waals surface area (Å²) in [5.41, 5.74) is 4.96. The maximum absolute atomic E-state index is 12.8. The summed E-state index contributed by atoms with van der Waals surface area (Å²) in [5.74, 6) is 2.39. The Hall–Kier alpha value is -3.67. The molecule has 0 bridgehead atoms. The first kappa shape index (κ1) is 20.2. The highest BCUT2D eigenvalue weighted by molar-refractivity contribution is 6.22. The lowest BCUT2D eigenvalue weighted by Gasteiger charge is -2.21. The Labute approximate surface area is 187 Å². The van der Waals surface area contributed by atoms with E-state index in [9.17, 15) is 4.79 Å². The van der Waals surface area contributed by atoms with E-state index >= 15 is 0 Å². The van der Waals surface area contributed by atoms with Gasteiger partial charge in [-0.15, -0.1) is 0 Å². The Morgan fingerprint density at radius 3 is 2.59 bits per heavy atom. The number of rotatable bonds is 7. The van der Waals surface area contributed by atoms with Crippen molar-refractivity contribution >= 4 is 23.1 Å². The Kier molecular flexibility index (Phi) is 5.13. The van der Waals surface area contributed by atoms with Crippen LogP contribution in [0.3, 0.4) is 0 Å². The minimum atomic E-state index is -0.0358. The van der Waals surface area contributed by atoms with Gasteiger partial charge in [-0.05, 0) is 74.2 Å². The molecule has 6 nitrogen and oxygen atoms in total. The molecule has 1 aromatic heterocycles. The fourth-order valence-corrected chi connectivity index (χ4v) is 4.06. The zero-order valence-electron chi connectivity index (χ0n) is 18.3. The SMILES string of the molecule is COc1ccc(C2CC2C(=O)Nc2cc(C3=Nc4ccc(OC(C)C)cc43)ccn2)cc1. The van der Waals surface area contributed by atoms with Gasteiger partial charge < -0.3 is 14.8 Å². The minimum absolute atomic E-state index is 0.000893. The minimum Gasteiger partial charge on any atom is -0.497 e. The predicted octanol–water partition coefficient (Wildman–Crippen LogP) is 5.10. The zero-order valence-corrected chi connectivity index (χ0v) is 18.3. The van der Waals surface area contributed by atoms with Crippen LogP contribution in [0.1, 0.15) is 42.9 Å². The average molecular weight is 428 g/mol. The largest absolute Gasteiger partial charge is 0.497 e. The van der Waals surface area contributed by atoms with Crippen LogP contribution < -0.4 is 14.8 Å². The van der Waals surface area contributed by atoms with Crippen LogP contribution in [0.4, 0.5) is 11.5 Å². The van der Waals surface area contributed by atoms with E-state index in [1.165, 1.54) is 0 Å². The second-order valence-corrected chi connectivity index (χ2v) is 8.45. The highest BCUT2D eigenvalue weighted by Crippen LogP contribution is 2.48. The third-order valence-corrected chi connectivity index (χ3v) is 5.78. The summed E-state index contributed by atoms with van der Waals surface area (Å²) in [6.07, 6.45) is 2.66. The van der Waals surface area contributed by atoms with Crippen LogP contribution in [0, 0.1) is 5.92 Å². The van der Waals surface area contributed by atoms with Crippen molar-refractivity contribution in [3.63, 3.8) is 0 Å². The third-order valence-electron chi connectivity index (χ3n) is 5.78. The summed E-state index contributed by atoms with van der Waals surface area (Å²) in [6.45, 7) is 4.01. The van der Waals surface area contributed by atoms with Crippen LogP contribution in [-0.2, 0) is 4.79 Å². The van der Waals surface area contributed by atoms with Crippen molar-refractivity contribution in [3.05, 3.63) is 77.5 Å². The highest BCUT2D eigenvalue weighted by Gasteiger charge is 2.44. The number of hydrogen-bond acceptors (Lipinski definition) is 5. The van der Waals surface area contributed by atoms with Gasteiger partial charge in [-0.3, -0.25) is 4.79 Å². The lowest BCUT2D eigenvalue weighted by atomic mass is 9.96. The Morgan fingerprint density at radius 2 is 1.84 bits per heavy atom. The Balaban J connectivity index is 1.26. The maximum Gasteiger partial charge on any atom is 0.229 e. The Bertz CT molecular complexity index is 1200. The number of carbonyl (C=O) groups excluding carboxylic acids is 1. The number of carbonyl (C=O) groups is 1. The zero-order chi connectivity index (χ0) is 22.2. The number of aliphatic imine (C=N–C) groups is 1. The first-order valence-corrected chi connectivity index (χ1v) is 10.8. The number of methoxy groups -OCH3 is 1. The molecule has 32 heavy (non-hydrogen) atoms.